The molecule has 5 heteroatoms. The molecule has 0 atom stereocenters. The van der Waals surface area contributed by atoms with E-state index in [1.807, 2.05) is 6.92 Å². The van der Waals surface area contributed by atoms with Crippen molar-refractivity contribution in [2.24, 2.45) is 0 Å². The third kappa shape index (κ3) is 2.82. The van der Waals surface area contributed by atoms with Gasteiger partial charge in [0.15, 0.2) is 11.5 Å². The third-order valence-electron chi connectivity index (χ3n) is 2.51. The summed E-state index contributed by atoms with van der Waals surface area (Å²) in [5.41, 5.74) is 1.36. The van der Waals surface area contributed by atoms with Crippen LogP contribution in [0.5, 0.6) is 11.5 Å². The molecule has 0 heterocycles. The largest absolute Gasteiger partial charge is 0.493 e. The van der Waals surface area contributed by atoms with Gasteiger partial charge >= 0.3 is 5.97 Å². The highest BCUT2D eigenvalue weighted by molar-refractivity contribution is 6.31. The first-order valence-electron chi connectivity index (χ1n) is 5.19. The monoisotopic (exact) mass is 258 g/mol. The molecular weight excluding hydrogens is 244 g/mol. The molecular formula is C12H15ClO4. The van der Waals surface area contributed by atoms with Crippen LogP contribution in [0.25, 0.3) is 0 Å². The van der Waals surface area contributed by atoms with Crippen molar-refractivity contribution >= 4 is 17.6 Å². The van der Waals surface area contributed by atoms with E-state index in [2.05, 4.69) is 0 Å². The predicted octanol–water partition coefficient (Wildman–Crippen LogP) is 2.55. The second-order valence-electron chi connectivity index (χ2n) is 3.48. The number of carboxylic acids is 1. The van der Waals surface area contributed by atoms with E-state index in [4.69, 9.17) is 26.2 Å². The number of hydrogen-bond donors (Lipinski definition) is 1. The Morgan fingerprint density at radius 1 is 1.35 bits per heavy atom. The summed E-state index contributed by atoms with van der Waals surface area (Å²) in [5.74, 6) is 0.146. The average molecular weight is 259 g/mol. The summed E-state index contributed by atoms with van der Waals surface area (Å²) in [6.07, 6.45) is 0.505. The van der Waals surface area contributed by atoms with Crippen LogP contribution in [0.3, 0.4) is 0 Å². The van der Waals surface area contributed by atoms with Crippen molar-refractivity contribution in [3.05, 3.63) is 22.2 Å². The summed E-state index contributed by atoms with van der Waals surface area (Å²) >= 11 is 6.07. The maximum Gasteiger partial charge on any atom is 0.307 e. The molecule has 0 saturated carbocycles. The Hall–Kier alpha value is -1.42. The number of rotatable bonds is 5. The molecule has 1 N–H and O–H groups in total. The molecule has 0 amide bonds. The van der Waals surface area contributed by atoms with Gasteiger partial charge in [-0.25, -0.2) is 0 Å². The molecule has 0 aliphatic carbocycles. The Morgan fingerprint density at radius 3 is 2.41 bits per heavy atom. The Balaban J connectivity index is 3.43. The van der Waals surface area contributed by atoms with Crippen molar-refractivity contribution in [2.75, 3.05) is 14.2 Å². The van der Waals surface area contributed by atoms with E-state index in [1.54, 1.807) is 6.07 Å². The maximum absolute atomic E-state index is 10.8. The number of methoxy groups -OCH3 is 2. The van der Waals surface area contributed by atoms with Gasteiger partial charge in [-0.1, -0.05) is 18.5 Å². The number of ether oxygens (including phenoxy) is 2. The standard InChI is InChI=1S/C12H15ClO4/c1-4-7-8(5-11(14)15)9(13)6-10(16-2)12(7)17-3/h6H,4-5H2,1-3H3,(H,14,15). The van der Waals surface area contributed by atoms with Crippen LogP contribution < -0.4 is 9.47 Å². The molecule has 4 nitrogen and oxygen atoms in total. The van der Waals surface area contributed by atoms with Crippen molar-refractivity contribution in [1.82, 2.24) is 0 Å². The van der Waals surface area contributed by atoms with Crippen LogP contribution in [0.2, 0.25) is 5.02 Å². The first-order valence-corrected chi connectivity index (χ1v) is 5.56. The number of carbonyl (C=O) groups is 1. The maximum atomic E-state index is 10.8. The third-order valence-corrected chi connectivity index (χ3v) is 2.85. The normalized spacial score (nSPS) is 10.1. The lowest BCUT2D eigenvalue weighted by Crippen LogP contribution is -2.07. The number of carboxylic acid groups (broad SMARTS) is 1. The fourth-order valence-corrected chi connectivity index (χ4v) is 2.07. The summed E-state index contributed by atoms with van der Waals surface area (Å²) in [4.78, 5) is 10.8. The highest BCUT2D eigenvalue weighted by atomic mass is 35.5. The molecule has 1 aromatic rings. The Morgan fingerprint density at radius 2 is 2.00 bits per heavy atom. The van der Waals surface area contributed by atoms with Crippen LogP contribution in [0.1, 0.15) is 18.1 Å². The Labute approximate surface area is 105 Å². The van der Waals surface area contributed by atoms with Crippen LogP contribution >= 0.6 is 11.6 Å². The quantitative estimate of drug-likeness (QED) is 0.882. The second kappa shape index (κ2) is 5.77. The van der Waals surface area contributed by atoms with Crippen LogP contribution in [0.4, 0.5) is 0 Å². The van der Waals surface area contributed by atoms with E-state index in [9.17, 15) is 4.79 Å². The van der Waals surface area contributed by atoms with Gasteiger partial charge in [0, 0.05) is 16.7 Å². The van der Waals surface area contributed by atoms with Gasteiger partial charge in [-0.05, 0) is 12.0 Å². The highest BCUT2D eigenvalue weighted by Gasteiger charge is 2.19. The van der Waals surface area contributed by atoms with Gasteiger partial charge in [0.1, 0.15) is 0 Å². The van der Waals surface area contributed by atoms with Gasteiger partial charge in [0.25, 0.3) is 0 Å². The lowest BCUT2D eigenvalue weighted by Gasteiger charge is -2.16. The molecule has 0 fully saturated rings. The lowest BCUT2D eigenvalue weighted by molar-refractivity contribution is -0.136. The SMILES string of the molecule is CCc1c(CC(=O)O)c(Cl)cc(OC)c1OC. The predicted molar refractivity (Wildman–Crippen MR) is 65.3 cm³/mol. The zero-order valence-corrected chi connectivity index (χ0v) is 10.8. The summed E-state index contributed by atoms with van der Waals surface area (Å²) in [6.45, 7) is 1.92. The molecule has 94 valence electrons. The van der Waals surface area contributed by atoms with E-state index < -0.39 is 5.97 Å². The summed E-state index contributed by atoms with van der Waals surface area (Å²) in [5, 5.41) is 9.26. The van der Waals surface area contributed by atoms with Crippen LogP contribution in [0.15, 0.2) is 6.07 Å². The molecule has 1 rings (SSSR count). The Kier molecular flexibility index (Phi) is 4.63. The summed E-state index contributed by atoms with van der Waals surface area (Å²) in [7, 11) is 3.04. The molecule has 0 aliphatic heterocycles. The van der Waals surface area contributed by atoms with Gasteiger partial charge in [-0.3, -0.25) is 4.79 Å². The van der Waals surface area contributed by atoms with Gasteiger partial charge in [0.2, 0.25) is 0 Å². The number of hydrogen-bond acceptors (Lipinski definition) is 3. The molecule has 0 radical (unpaired) electrons. The average Bonchev–Trinajstić information content (AvgIpc) is 2.30. The second-order valence-corrected chi connectivity index (χ2v) is 3.88. The number of aliphatic carboxylic acids is 1. The van der Waals surface area contributed by atoms with Crippen molar-refractivity contribution in [3.8, 4) is 11.5 Å². The molecule has 0 spiro atoms. The minimum Gasteiger partial charge on any atom is -0.493 e. The molecule has 0 aromatic heterocycles. The fraction of sp³-hybridized carbons (Fsp3) is 0.417. The van der Waals surface area contributed by atoms with E-state index >= 15 is 0 Å². The fourth-order valence-electron chi connectivity index (χ4n) is 1.79. The smallest absolute Gasteiger partial charge is 0.307 e. The molecule has 0 aliphatic rings. The molecule has 1 aromatic carbocycles. The lowest BCUT2D eigenvalue weighted by atomic mass is 10.0. The van der Waals surface area contributed by atoms with Crippen LogP contribution in [-0.2, 0) is 17.6 Å². The number of benzene rings is 1. The van der Waals surface area contributed by atoms with Crippen LogP contribution in [-0.4, -0.2) is 25.3 Å². The van der Waals surface area contributed by atoms with Gasteiger partial charge in [0.05, 0.1) is 20.6 Å². The van der Waals surface area contributed by atoms with Gasteiger partial charge in [-0.2, -0.15) is 0 Å². The van der Waals surface area contributed by atoms with Crippen molar-refractivity contribution < 1.29 is 19.4 Å². The first-order chi connectivity index (χ1) is 8.04. The van der Waals surface area contributed by atoms with Crippen molar-refractivity contribution in [1.29, 1.82) is 0 Å². The van der Waals surface area contributed by atoms with Gasteiger partial charge < -0.3 is 14.6 Å². The number of halogens is 1. The summed E-state index contributed by atoms with van der Waals surface area (Å²) in [6, 6.07) is 1.58. The van der Waals surface area contributed by atoms with E-state index in [0.29, 0.717) is 28.5 Å². The zero-order chi connectivity index (χ0) is 13.0. The van der Waals surface area contributed by atoms with E-state index in [-0.39, 0.29) is 6.42 Å². The van der Waals surface area contributed by atoms with Crippen molar-refractivity contribution in [3.63, 3.8) is 0 Å². The Bertz CT molecular complexity index is 429. The highest BCUT2D eigenvalue weighted by Crippen LogP contribution is 2.38. The minimum atomic E-state index is -0.922. The molecule has 0 bridgehead atoms. The molecule has 0 saturated heterocycles. The first kappa shape index (κ1) is 13.6. The van der Waals surface area contributed by atoms with Crippen molar-refractivity contribution in [2.45, 2.75) is 19.8 Å². The minimum absolute atomic E-state index is 0.123. The molecule has 17 heavy (non-hydrogen) atoms. The van der Waals surface area contributed by atoms with E-state index in [0.717, 1.165) is 5.56 Å². The van der Waals surface area contributed by atoms with Gasteiger partial charge in [-0.15, -0.1) is 0 Å². The topological polar surface area (TPSA) is 55.8 Å². The molecule has 0 unspecified atom stereocenters. The summed E-state index contributed by atoms with van der Waals surface area (Å²) < 4.78 is 10.4. The van der Waals surface area contributed by atoms with E-state index in [1.165, 1.54) is 14.2 Å². The van der Waals surface area contributed by atoms with Crippen LogP contribution in [0, 0.1) is 0 Å². The zero-order valence-electron chi connectivity index (χ0n) is 10.0.